The van der Waals surface area contributed by atoms with Gasteiger partial charge in [0.15, 0.2) is 0 Å². The summed E-state index contributed by atoms with van der Waals surface area (Å²) in [5.74, 6) is 0.185. The van der Waals surface area contributed by atoms with E-state index in [0.717, 1.165) is 29.5 Å². The van der Waals surface area contributed by atoms with Crippen molar-refractivity contribution in [2.45, 2.75) is 45.6 Å². The first-order chi connectivity index (χ1) is 9.64. The van der Waals surface area contributed by atoms with Crippen LogP contribution in [0.5, 0.6) is 0 Å². The van der Waals surface area contributed by atoms with E-state index in [1.807, 2.05) is 43.0 Å². The summed E-state index contributed by atoms with van der Waals surface area (Å²) in [5.41, 5.74) is 6.67. The summed E-state index contributed by atoms with van der Waals surface area (Å²) < 4.78 is 1.03. The fraction of sp³-hybridized carbons (Fsp3) is 0.588. The number of carbonyl (C=O) groups excluding carboxylic acids is 1. The second-order valence-electron chi connectivity index (χ2n) is 7.24. The molecular formula is C17H26BrClN2O. The quantitative estimate of drug-likeness (QED) is 0.837. The number of nitrogens with zero attached hydrogens (tertiary/aromatic N) is 1. The zero-order valence-corrected chi connectivity index (χ0v) is 16.1. The van der Waals surface area contributed by atoms with Crippen LogP contribution in [0.2, 0.25) is 0 Å². The van der Waals surface area contributed by atoms with Crippen LogP contribution in [0.15, 0.2) is 28.7 Å². The van der Waals surface area contributed by atoms with Gasteiger partial charge >= 0.3 is 0 Å². The molecule has 0 bridgehead atoms. The molecule has 1 amide bonds. The maximum Gasteiger partial charge on any atom is 0.232 e. The molecule has 0 aromatic heterocycles. The summed E-state index contributed by atoms with van der Waals surface area (Å²) in [7, 11) is 0. The number of carbonyl (C=O) groups is 1. The molecular weight excluding hydrogens is 364 g/mol. The van der Waals surface area contributed by atoms with Gasteiger partial charge in [0.1, 0.15) is 0 Å². The van der Waals surface area contributed by atoms with Crippen molar-refractivity contribution in [1.29, 1.82) is 0 Å². The van der Waals surface area contributed by atoms with E-state index in [1.54, 1.807) is 0 Å². The van der Waals surface area contributed by atoms with Crippen molar-refractivity contribution in [3.63, 3.8) is 0 Å². The first-order valence-electron chi connectivity index (χ1n) is 7.45. The molecule has 124 valence electrons. The molecule has 1 aromatic rings. The highest BCUT2D eigenvalue weighted by molar-refractivity contribution is 9.10. The highest BCUT2D eigenvalue weighted by Gasteiger charge is 2.40. The van der Waals surface area contributed by atoms with Gasteiger partial charge in [-0.05, 0) is 43.4 Å². The average Bonchev–Trinajstić information content (AvgIpc) is 2.41. The predicted molar refractivity (Wildman–Crippen MR) is 97.4 cm³/mol. The van der Waals surface area contributed by atoms with Crippen molar-refractivity contribution in [2.24, 2.45) is 11.1 Å². The van der Waals surface area contributed by atoms with Crippen LogP contribution in [0.4, 0.5) is 0 Å². The summed E-state index contributed by atoms with van der Waals surface area (Å²) >= 11 is 3.44. The molecule has 1 atom stereocenters. The number of benzene rings is 1. The van der Waals surface area contributed by atoms with E-state index < -0.39 is 5.41 Å². The van der Waals surface area contributed by atoms with Crippen molar-refractivity contribution >= 4 is 34.2 Å². The number of halogens is 2. The molecule has 1 aliphatic heterocycles. The Bertz CT molecular complexity index is 528. The third-order valence-corrected chi connectivity index (χ3v) is 5.23. The van der Waals surface area contributed by atoms with Crippen LogP contribution in [0.25, 0.3) is 0 Å². The van der Waals surface area contributed by atoms with Crippen LogP contribution < -0.4 is 5.73 Å². The second-order valence-corrected chi connectivity index (χ2v) is 8.16. The Hall–Kier alpha value is -0.580. The molecule has 22 heavy (non-hydrogen) atoms. The van der Waals surface area contributed by atoms with E-state index >= 15 is 0 Å². The molecule has 1 aromatic carbocycles. The molecule has 0 spiro atoms. The minimum Gasteiger partial charge on any atom is -0.341 e. The van der Waals surface area contributed by atoms with E-state index in [9.17, 15) is 4.79 Å². The Morgan fingerprint density at radius 1 is 1.32 bits per heavy atom. The number of piperidine rings is 1. The largest absolute Gasteiger partial charge is 0.341 e. The Balaban J connectivity index is 0.00000242. The zero-order valence-electron chi connectivity index (χ0n) is 13.7. The lowest BCUT2D eigenvalue weighted by Gasteiger charge is -2.45. The summed E-state index contributed by atoms with van der Waals surface area (Å²) in [4.78, 5) is 15.0. The number of nitrogens with two attached hydrogens (primary N) is 1. The predicted octanol–water partition coefficient (Wildman–Crippen LogP) is 3.73. The topological polar surface area (TPSA) is 46.3 Å². The van der Waals surface area contributed by atoms with Crippen molar-refractivity contribution in [1.82, 2.24) is 4.90 Å². The van der Waals surface area contributed by atoms with Crippen LogP contribution in [0, 0.1) is 5.41 Å². The number of hydrogen-bond acceptors (Lipinski definition) is 2. The molecule has 0 aliphatic carbocycles. The van der Waals surface area contributed by atoms with Crippen LogP contribution in [0.3, 0.4) is 0 Å². The van der Waals surface area contributed by atoms with Gasteiger partial charge < -0.3 is 10.6 Å². The first kappa shape index (κ1) is 19.5. The van der Waals surface area contributed by atoms with Gasteiger partial charge in [-0.1, -0.05) is 41.9 Å². The molecule has 5 heteroatoms. The average molecular weight is 390 g/mol. The Labute approximate surface area is 148 Å². The van der Waals surface area contributed by atoms with E-state index in [1.165, 1.54) is 0 Å². The molecule has 1 fully saturated rings. The SMILES string of the molecule is CC(C)(C(=O)N1CCC(N)C(C)(C)C1)c1ccc(Br)cc1.Cl. The lowest BCUT2D eigenvalue weighted by molar-refractivity contribution is -0.139. The molecule has 2 N–H and O–H groups in total. The van der Waals surface area contributed by atoms with Gasteiger partial charge in [0.2, 0.25) is 5.91 Å². The lowest BCUT2D eigenvalue weighted by Crippen LogP contribution is -2.56. The minimum atomic E-state index is -0.516. The number of amides is 1. The van der Waals surface area contributed by atoms with Crippen molar-refractivity contribution in [3.8, 4) is 0 Å². The number of rotatable bonds is 2. The van der Waals surface area contributed by atoms with Crippen molar-refractivity contribution in [3.05, 3.63) is 34.3 Å². The monoisotopic (exact) mass is 388 g/mol. The summed E-state index contributed by atoms with van der Waals surface area (Å²) in [6.07, 6.45) is 0.870. The summed E-state index contributed by atoms with van der Waals surface area (Å²) in [6, 6.07) is 8.17. The fourth-order valence-corrected chi connectivity index (χ4v) is 3.20. The molecule has 3 nitrogen and oxygen atoms in total. The van der Waals surface area contributed by atoms with Crippen LogP contribution >= 0.6 is 28.3 Å². The maximum absolute atomic E-state index is 13.0. The van der Waals surface area contributed by atoms with Gasteiger partial charge in [0.05, 0.1) is 5.41 Å². The molecule has 0 radical (unpaired) electrons. The second kappa shape index (κ2) is 6.90. The van der Waals surface area contributed by atoms with E-state index in [4.69, 9.17) is 5.73 Å². The highest BCUT2D eigenvalue weighted by Crippen LogP contribution is 2.32. The third-order valence-electron chi connectivity index (χ3n) is 4.70. The van der Waals surface area contributed by atoms with Gasteiger partial charge in [-0.15, -0.1) is 12.4 Å². The van der Waals surface area contributed by atoms with Crippen LogP contribution in [0.1, 0.15) is 39.7 Å². The van der Waals surface area contributed by atoms with E-state index in [2.05, 4.69) is 29.8 Å². The first-order valence-corrected chi connectivity index (χ1v) is 8.25. The van der Waals surface area contributed by atoms with E-state index in [-0.39, 0.29) is 29.8 Å². The molecule has 1 saturated heterocycles. The Morgan fingerprint density at radius 2 is 1.86 bits per heavy atom. The molecule has 1 heterocycles. The van der Waals surface area contributed by atoms with Crippen molar-refractivity contribution in [2.75, 3.05) is 13.1 Å². The standard InChI is InChI=1S/C17H25BrN2O.ClH/c1-16(2)11-20(10-9-14(16)19)15(21)17(3,4)12-5-7-13(18)8-6-12;/h5-8,14H,9-11,19H2,1-4H3;1H. The molecule has 1 aliphatic rings. The van der Waals surface area contributed by atoms with Gasteiger partial charge in [-0.3, -0.25) is 4.79 Å². The van der Waals surface area contributed by atoms with Gasteiger partial charge in [-0.2, -0.15) is 0 Å². The van der Waals surface area contributed by atoms with Crippen LogP contribution in [-0.2, 0) is 10.2 Å². The van der Waals surface area contributed by atoms with Gasteiger partial charge in [-0.25, -0.2) is 0 Å². The Kier molecular flexibility index (Phi) is 6.10. The summed E-state index contributed by atoms with van der Waals surface area (Å²) in [5, 5.41) is 0. The van der Waals surface area contributed by atoms with Gasteiger partial charge in [0.25, 0.3) is 0 Å². The smallest absolute Gasteiger partial charge is 0.232 e. The normalized spacial score (nSPS) is 21.2. The maximum atomic E-state index is 13.0. The lowest BCUT2D eigenvalue weighted by atomic mass is 9.77. The highest BCUT2D eigenvalue weighted by atomic mass is 79.9. The third kappa shape index (κ3) is 3.84. The molecule has 2 rings (SSSR count). The van der Waals surface area contributed by atoms with E-state index in [0.29, 0.717) is 0 Å². The van der Waals surface area contributed by atoms with Crippen LogP contribution in [-0.4, -0.2) is 29.9 Å². The number of hydrogen-bond donors (Lipinski definition) is 1. The van der Waals surface area contributed by atoms with Crippen molar-refractivity contribution < 1.29 is 4.79 Å². The number of likely N-dealkylation sites (tertiary alicyclic amines) is 1. The Morgan fingerprint density at radius 3 is 2.36 bits per heavy atom. The molecule has 1 unspecified atom stereocenters. The zero-order chi connectivity index (χ0) is 15.8. The minimum absolute atomic E-state index is 0. The fourth-order valence-electron chi connectivity index (χ4n) is 2.93. The van der Waals surface area contributed by atoms with Gasteiger partial charge in [0, 0.05) is 23.6 Å². The molecule has 0 saturated carbocycles. The summed E-state index contributed by atoms with van der Waals surface area (Å²) in [6.45, 7) is 9.77.